The fourth-order valence-electron chi connectivity index (χ4n) is 2.33. The zero-order valence-electron chi connectivity index (χ0n) is 10.8. The number of aryl methyl sites for hydroxylation is 1. The minimum Gasteiger partial charge on any atom is -0.496 e. The van der Waals surface area contributed by atoms with E-state index in [1.807, 2.05) is 6.92 Å². The van der Waals surface area contributed by atoms with Gasteiger partial charge in [-0.3, -0.25) is 0 Å². The van der Waals surface area contributed by atoms with E-state index in [4.69, 9.17) is 4.74 Å². The predicted molar refractivity (Wildman–Crippen MR) is 70.8 cm³/mol. The molecule has 1 aliphatic heterocycles. The molecule has 18 heavy (non-hydrogen) atoms. The number of nitrogens with one attached hydrogen (secondary N) is 1. The minimum absolute atomic E-state index is 0.258. The Morgan fingerprint density at radius 1 is 1.28 bits per heavy atom. The summed E-state index contributed by atoms with van der Waals surface area (Å²) < 4.78 is 30.1. The van der Waals surface area contributed by atoms with Gasteiger partial charge in [0.05, 0.1) is 17.3 Å². The van der Waals surface area contributed by atoms with Gasteiger partial charge in [-0.2, -0.15) is 0 Å². The van der Waals surface area contributed by atoms with Gasteiger partial charge in [0.15, 0.2) is 9.84 Å². The Morgan fingerprint density at radius 2 is 1.94 bits per heavy atom. The third kappa shape index (κ3) is 2.52. The van der Waals surface area contributed by atoms with Crippen molar-refractivity contribution in [2.75, 3.05) is 20.2 Å². The maximum Gasteiger partial charge on any atom is 0.181 e. The van der Waals surface area contributed by atoms with Crippen LogP contribution in [-0.2, 0) is 9.84 Å². The fraction of sp³-hybridized carbons (Fsp3) is 0.538. The van der Waals surface area contributed by atoms with Crippen molar-refractivity contribution in [2.24, 2.45) is 0 Å². The van der Waals surface area contributed by atoms with Crippen molar-refractivity contribution in [1.82, 2.24) is 5.32 Å². The van der Waals surface area contributed by atoms with Crippen LogP contribution in [0.1, 0.15) is 18.4 Å². The molecule has 0 aromatic heterocycles. The molecule has 100 valence electrons. The van der Waals surface area contributed by atoms with Crippen molar-refractivity contribution >= 4 is 9.84 Å². The lowest BCUT2D eigenvalue weighted by Gasteiger charge is -2.23. The number of hydrogen-bond donors (Lipinski definition) is 1. The molecule has 1 N–H and O–H groups in total. The van der Waals surface area contributed by atoms with E-state index in [1.54, 1.807) is 25.3 Å². The summed E-state index contributed by atoms with van der Waals surface area (Å²) in [6.45, 7) is 3.42. The molecule has 0 radical (unpaired) electrons. The molecule has 0 atom stereocenters. The number of sulfone groups is 1. The Hall–Kier alpha value is -1.07. The summed E-state index contributed by atoms with van der Waals surface area (Å²) >= 11 is 0. The van der Waals surface area contributed by atoms with Crippen molar-refractivity contribution < 1.29 is 13.2 Å². The van der Waals surface area contributed by atoms with Crippen molar-refractivity contribution in [3.8, 4) is 5.75 Å². The lowest BCUT2D eigenvalue weighted by Crippen LogP contribution is -2.35. The van der Waals surface area contributed by atoms with E-state index in [0.717, 1.165) is 24.4 Å². The molecule has 0 saturated carbocycles. The monoisotopic (exact) mass is 269 g/mol. The number of hydrogen-bond acceptors (Lipinski definition) is 4. The Balaban J connectivity index is 2.32. The van der Waals surface area contributed by atoms with Crippen LogP contribution in [0.15, 0.2) is 23.1 Å². The van der Waals surface area contributed by atoms with E-state index < -0.39 is 9.84 Å². The molecule has 1 aromatic rings. The first-order chi connectivity index (χ1) is 8.55. The van der Waals surface area contributed by atoms with Crippen molar-refractivity contribution in [2.45, 2.75) is 29.9 Å². The van der Waals surface area contributed by atoms with Crippen LogP contribution >= 0.6 is 0 Å². The molecular formula is C13H19NO3S. The standard InChI is InChI=1S/C13H19NO3S/c1-10-9-12(3-4-13(10)17-2)18(15,16)11-5-7-14-8-6-11/h3-4,9,11,14H,5-8H2,1-2H3. The van der Waals surface area contributed by atoms with Gasteiger partial charge in [0.25, 0.3) is 0 Å². The predicted octanol–water partition coefficient (Wildman–Crippen LogP) is 1.53. The highest BCUT2D eigenvalue weighted by Crippen LogP contribution is 2.26. The van der Waals surface area contributed by atoms with Gasteiger partial charge in [-0.05, 0) is 56.6 Å². The summed E-state index contributed by atoms with van der Waals surface area (Å²) in [6.07, 6.45) is 1.38. The quantitative estimate of drug-likeness (QED) is 0.904. The second-order valence-electron chi connectivity index (χ2n) is 4.63. The first-order valence-electron chi connectivity index (χ1n) is 6.15. The van der Waals surface area contributed by atoms with Crippen LogP contribution < -0.4 is 10.1 Å². The summed E-state index contributed by atoms with van der Waals surface area (Å²) in [6, 6.07) is 5.07. The summed E-state index contributed by atoms with van der Waals surface area (Å²) in [5.74, 6) is 0.722. The highest BCUT2D eigenvalue weighted by molar-refractivity contribution is 7.92. The van der Waals surface area contributed by atoms with Crippen molar-refractivity contribution in [3.63, 3.8) is 0 Å². The highest BCUT2D eigenvalue weighted by atomic mass is 32.2. The fourth-order valence-corrected chi connectivity index (χ4v) is 4.17. The Kier molecular flexibility index (Phi) is 3.92. The van der Waals surface area contributed by atoms with Crippen LogP contribution in [-0.4, -0.2) is 33.9 Å². The molecule has 1 saturated heterocycles. The molecule has 4 nitrogen and oxygen atoms in total. The maximum absolute atomic E-state index is 12.5. The van der Waals surface area contributed by atoms with Gasteiger partial charge in [-0.1, -0.05) is 0 Å². The van der Waals surface area contributed by atoms with Gasteiger partial charge in [0.1, 0.15) is 5.75 Å². The average Bonchev–Trinajstić information content (AvgIpc) is 2.39. The van der Waals surface area contributed by atoms with Gasteiger partial charge in [0, 0.05) is 0 Å². The minimum atomic E-state index is -3.21. The van der Waals surface area contributed by atoms with Crippen LogP contribution in [0.3, 0.4) is 0 Å². The smallest absolute Gasteiger partial charge is 0.181 e. The summed E-state index contributed by atoms with van der Waals surface area (Å²) in [7, 11) is -1.62. The number of piperidine rings is 1. The molecular weight excluding hydrogens is 250 g/mol. The zero-order valence-corrected chi connectivity index (χ0v) is 11.6. The first-order valence-corrected chi connectivity index (χ1v) is 7.69. The van der Waals surface area contributed by atoms with E-state index in [1.165, 1.54) is 0 Å². The highest BCUT2D eigenvalue weighted by Gasteiger charge is 2.29. The van der Waals surface area contributed by atoms with E-state index in [2.05, 4.69) is 5.32 Å². The van der Waals surface area contributed by atoms with E-state index in [9.17, 15) is 8.42 Å². The summed E-state index contributed by atoms with van der Waals surface area (Å²) in [5.41, 5.74) is 0.854. The van der Waals surface area contributed by atoms with Crippen LogP contribution in [0, 0.1) is 6.92 Å². The third-order valence-corrected chi connectivity index (χ3v) is 5.68. The lowest BCUT2D eigenvalue weighted by molar-refractivity contribution is 0.411. The van der Waals surface area contributed by atoms with Crippen LogP contribution in [0.2, 0.25) is 0 Å². The molecule has 2 rings (SSSR count). The van der Waals surface area contributed by atoms with Crippen molar-refractivity contribution in [3.05, 3.63) is 23.8 Å². The molecule has 1 aromatic carbocycles. The second-order valence-corrected chi connectivity index (χ2v) is 6.85. The first kappa shape index (κ1) is 13.4. The van der Waals surface area contributed by atoms with Crippen LogP contribution in [0.4, 0.5) is 0 Å². The van der Waals surface area contributed by atoms with Gasteiger partial charge < -0.3 is 10.1 Å². The largest absolute Gasteiger partial charge is 0.496 e. The molecule has 0 aliphatic carbocycles. The Morgan fingerprint density at radius 3 is 2.50 bits per heavy atom. The van der Waals surface area contributed by atoms with E-state index >= 15 is 0 Å². The number of ether oxygens (including phenoxy) is 1. The molecule has 0 spiro atoms. The molecule has 1 heterocycles. The zero-order chi connectivity index (χ0) is 13.2. The van der Waals surface area contributed by atoms with Crippen LogP contribution in [0.5, 0.6) is 5.75 Å². The normalized spacial score (nSPS) is 17.7. The molecule has 5 heteroatoms. The molecule has 0 bridgehead atoms. The summed E-state index contributed by atoms with van der Waals surface area (Å²) in [4.78, 5) is 0.410. The SMILES string of the molecule is COc1ccc(S(=O)(=O)C2CCNCC2)cc1C. The van der Waals surface area contributed by atoms with Gasteiger partial charge >= 0.3 is 0 Å². The second kappa shape index (κ2) is 5.28. The van der Waals surface area contributed by atoms with Gasteiger partial charge in [0.2, 0.25) is 0 Å². The van der Waals surface area contributed by atoms with Crippen LogP contribution in [0.25, 0.3) is 0 Å². The Bertz CT molecular complexity index is 519. The third-order valence-electron chi connectivity index (χ3n) is 3.42. The Labute approximate surface area is 108 Å². The van der Waals surface area contributed by atoms with Gasteiger partial charge in [-0.15, -0.1) is 0 Å². The topological polar surface area (TPSA) is 55.4 Å². The van der Waals surface area contributed by atoms with E-state index in [0.29, 0.717) is 17.7 Å². The molecule has 0 unspecified atom stereocenters. The number of rotatable bonds is 3. The molecule has 1 aliphatic rings. The number of benzene rings is 1. The molecule has 1 fully saturated rings. The van der Waals surface area contributed by atoms with Gasteiger partial charge in [-0.25, -0.2) is 8.42 Å². The lowest BCUT2D eigenvalue weighted by atomic mass is 10.2. The maximum atomic E-state index is 12.5. The molecule has 0 amide bonds. The van der Waals surface area contributed by atoms with E-state index in [-0.39, 0.29) is 5.25 Å². The van der Waals surface area contributed by atoms with Crippen molar-refractivity contribution in [1.29, 1.82) is 0 Å². The average molecular weight is 269 g/mol. The summed E-state index contributed by atoms with van der Waals surface area (Å²) in [5, 5.41) is 2.93. The number of methoxy groups -OCH3 is 1.